The Balaban J connectivity index is 0.00000392. The first-order chi connectivity index (χ1) is 13.1. The fraction of sp³-hybridized carbons (Fsp3) is 0.478. The summed E-state index contributed by atoms with van der Waals surface area (Å²) in [5.41, 5.74) is 3.76. The lowest BCUT2D eigenvalue weighted by atomic mass is 10.1. The molecule has 2 rings (SSSR count). The Hall–Kier alpha value is -1.08. The van der Waals surface area contributed by atoms with Gasteiger partial charge in [-0.15, -0.1) is 34.0 Å². The highest BCUT2D eigenvalue weighted by molar-refractivity contribution is 8.93. The maximum atomic E-state index is 9.47. The number of unbranched alkanes of at least 4 members (excludes halogenated alkanes) is 3. The first-order valence-corrected chi connectivity index (χ1v) is 10.1. The fourth-order valence-corrected chi connectivity index (χ4v) is 3.05. The van der Waals surface area contributed by atoms with Gasteiger partial charge in [-0.25, -0.2) is 0 Å². The lowest BCUT2D eigenvalue weighted by molar-refractivity contribution is 0.403. The molecule has 0 spiro atoms. The highest BCUT2D eigenvalue weighted by atomic mass is 79.9. The summed E-state index contributed by atoms with van der Waals surface area (Å²) in [5, 5.41) is 25.7. The van der Waals surface area contributed by atoms with Crippen molar-refractivity contribution in [1.29, 1.82) is 0 Å². The van der Waals surface area contributed by atoms with Crippen molar-refractivity contribution < 1.29 is 10.2 Å². The number of aryl methyl sites for hydroxylation is 1. The average molecular weight is 532 g/mol. The second-order valence-corrected chi connectivity index (χ2v) is 7.22. The topological polar surface area (TPSA) is 64.5 Å². The molecule has 4 N–H and O–H groups in total. The van der Waals surface area contributed by atoms with Gasteiger partial charge in [-0.1, -0.05) is 48.7 Å². The van der Waals surface area contributed by atoms with Crippen molar-refractivity contribution in [3.05, 3.63) is 59.2 Å². The molecule has 6 heteroatoms. The van der Waals surface area contributed by atoms with E-state index in [2.05, 4.69) is 41.8 Å². The molecule has 0 saturated carbocycles. The molecule has 0 amide bonds. The van der Waals surface area contributed by atoms with Crippen LogP contribution in [0.15, 0.2) is 42.5 Å². The van der Waals surface area contributed by atoms with Gasteiger partial charge in [-0.2, -0.15) is 0 Å². The van der Waals surface area contributed by atoms with Gasteiger partial charge < -0.3 is 20.8 Å². The van der Waals surface area contributed by atoms with Gasteiger partial charge in [0, 0.05) is 0 Å². The summed E-state index contributed by atoms with van der Waals surface area (Å²) < 4.78 is 0. The zero-order valence-electron chi connectivity index (χ0n) is 17.3. The van der Waals surface area contributed by atoms with Crippen molar-refractivity contribution >= 4 is 34.0 Å². The zero-order valence-corrected chi connectivity index (χ0v) is 20.7. The maximum Gasteiger partial charge on any atom is 0.157 e. The highest BCUT2D eigenvalue weighted by Crippen LogP contribution is 2.24. The third kappa shape index (κ3) is 12.3. The predicted molar refractivity (Wildman–Crippen MR) is 133 cm³/mol. The van der Waals surface area contributed by atoms with Crippen molar-refractivity contribution in [2.75, 3.05) is 26.2 Å². The summed E-state index contributed by atoms with van der Waals surface area (Å²) in [6.45, 7) is 6.20. The van der Waals surface area contributed by atoms with E-state index in [0.29, 0.717) is 0 Å². The molecule has 0 heterocycles. The summed E-state index contributed by atoms with van der Waals surface area (Å²) in [5.74, 6) is -0.101. The van der Waals surface area contributed by atoms with Gasteiger partial charge in [0.1, 0.15) is 0 Å². The molecule has 0 radical (unpaired) electrons. The van der Waals surface area contributed by atoms with E-state index in [9.17, 15) is 10.2 Å². The van der Waals surface area contributed by atoms with E-state index in [4.69, 9.17) is 0 Å². The SMILES string of the molecule is Br.Br.Cc1ccc(CCNCCCCCCNCCc2ccc(O)c(O)c2)cc1. The van der Waals surface area contributed by atoms with Crippen LogP contribution in [0.3, 0.4) is 0 Å². The number of aromatic hydroxyl groups is 2. The van der Waals surface area contributed by atoms with Crippen LogP contribution in [0, 0.1) is 6.92 Å². The molecule has 0 atom stereocenters. The summed E-state index contributed by atoms with van der Waals surface area (Å²) in [7, 11) is 0. The smallest absolute Gasteiger partial charge is 0.157 e. The van der Waals surface area contributed by atoms with E-state index in [1.807, 2.05) is 6.07 Å². The number of phenols is 2. The minimum Gasteiger partial charge on any atom is -0.504 e. The Bertz CT molecular complexity index is 666. The molecule has 164 valence electrons. The number of halogens is 2. The van der Waals surface area contributed by atoms with Crippen molar-refractivity contribution in [1.82, 2.24) is 10.6 Å². The summed E-state index contributed by atoms with van der Waals surface area (Å²) in [6.07, 6.45) is 6.92. The standard InChI is InChI=1S/C23H34N2O2.2BrH/c1-19-6-8-20(9-7-19)12-16-24-14-4-2-3-5-15-25-17-13-21-10-11-22(26)23(27)18-21;;/h6-11,18,24-27H,2-5,12-17H2,1H3;2*1H. The Morgan fingerprint density at radius 3 is 1.69 bits per heavy atom. The quantitative estimate of drug-likeness (QED) is 0.215. The van der Waals surface area contributed by atoms with Crippen LogP contribution in [0.25, 0.3) is 0 Å². The first-order valence-electron chi connectivity index (χ1n) is 10.1. The molecular formula is C23H36Br2N2O2. The van der Waals surface area contributed by atoms with E-state index in [0.717, 1.165) is 44.6 Å². The molecule has 2 aromatic carbocycles. The molecular weight excluding hydrogens is 496 g/mol. The molecule has 0 unspecified atom stereocenters. The van der Waals surface area contributed by atoms with Gasteiger partial charge in [0.05, 0.1) is 0 Å². The number of phenolic OH excluding ortho intramolecular Hbond substituents is 2. The normalized spacial score (nSPS) is 10.2. The number of benzene rings is 2. The predicted octanol–water partition coefficient (Wildman–Crippen LogP) is 5.09. The molecule has 0 bridgehead atoms. The Morgan fingerprint density at radius 1 is 0.621 bits per heavy atom. The molecule has 0 aliphatic heterocycles. The fourth-order valence-electron chi connectivity index (χ4n) is 3.05. The highest BCUT2D eigenvalue weighted by Gasteiger charge is 2.00. The molecule has 2 aromatic rings. The zero-order chi connectivity index (χ0) is 19.3. The number of nitrogens with one attached hydrogen (secondary N) is 2. The second-order valence-electron chi connectivity index (χ2n) is 7.22. The van der Waals surface area contributed by atoms with Crippen molar-refractivity contribution in [2.24, 2.45) is 0 Å². The Kier molecular flexibility index (Phi) is 16.1. The van der Waals surface area contributed by atoms with Gasteiger partial charge in [-0.3, -0.25) is 0 Å². The van der Waals surface area contributed by atoms with Gasteiger partial charge >= 0.3 is 0 Å². The third-order valence-corrected chi connectivity index (χ3v) is 4.80. The second kappa shape index (κ2) is 16.7. The number of hydrogen-bond acceptors (Lipinski definition) is 4. The molecule has 0 saturated heterocycles. The van der Waals surface area contributed by atoms with Crippen LogP contribution in [0.4, 0.5) is 0 Å². The largest absolute Gasteiger partial charge is 0.504 e. The van der Waals surface area contributed by atoms with Crippen LogP contribution in [0.1, 0.15) is 42.4 Å². The maximum absolute atomic E-state index is 9.47. The minimum atomic E-state index is -0.0589. The van der Waals surface area contributed by atoms with Gasteiger partial charge in [0.25, 0.3) is 0 Å². The van der Waals surface area contributed by atoms with Crippen LogP contribution < -0.4 is 10.6 Å². The molecule has 0 aliphatic carbocycles. The average Bonchev–Trinajstić information content (AvgIpc) is 2.67. The van der Waals surface area contributed by atoms with E-state index in [1.54, 1.807) is 12.1 Å². The molecule has 29 heavy (non-hydrogen) atoms. The third-order valence-electron chi connectivity index (χ3n) is 4.80. The van der Waals surface area contributed by atoms with Crippen LogP contribution in [-0.2, 0) is 12.8 Å². The summed E-state index contributed by atoms with van der Waals surface area (Å²) in [4.78, 5) is 0. The van der Waals surface area contributed by atoms with Crippen molar-refractivity contribution in [2.45, 2.75) is 45.4 Å². The van der Waals surface area contributed by atoms with Crippen LogP contribution >= 0.6 is 34.0 Å². The Labute approximate surface area is 196 Å². The van der Waals surface area contributed by atoms with Gasteiger partial charge in [0.2, 0.25) is 0 Å². The van der Waals surface area contributed by atoms with Gasteiger partial charge in [0.15, 0.2) is 11.5 Å². The molecule has 0 fully saturated rings. The van der Waals surface area contributed by atoms with Gasteiger partial charge in [-0.05, 0) is 82.0 Å². The van der Waals surface area contributed by atoms with Crippen molar-refractivity contribution in [3.63, 3.8) is 0 Å². The van der Waals surface area contributed by atoms with Crippen LogP contribution in [-0.4, -0.2) is 36.4 Å². The monoisotopic (exact) mass is 530 g/mol. The minimum absolute atomic E-state index is 0. The van der Waals surface area contributed by atoms with E-state index in [-0.39, 0.29) is 45.5 Å². The molecule has 4 nitrogen and oxygen atoms in total. The first kappa shape index (κ1) is 27.9. The van der Waals surface area contributed by atoms with Crippen LogP contribution in [0.2, 0.25) is 0 Å². The van der Waals surface area contributed by atoms with Crippen LogP contribution in [0.5, 0.6) is 11.5 Å². The molecule has 0 aliphatic rings. The van der Waals surface area contributed by atoms with Crippen molar-refractivity contribution in [3.8, 4) is 11.5 Å². The van der Waals surface area contributed by atoms with E-state index in [1.165, 1.54) is 36.8 Å². The number of rotatable bonds is 13. The van der Waals surface area contributed by atoms with E-state index < -0.39 is 0 Å². The lowest BCUT2D eigenvalue weighted by Gasteiger charge is -2.07. The lowest BCUT2D eigenvalue weighted by Crippen LogP contribution is -2.19. The molecule has 0 aromatic heterocycles. The number of hydrogen-bond donors (Lipinski definition) is 4. The summed E-state index contributed by atoms with van der Waals surface area (Å²) in [6, 6.07) is 13.8. The summed E-state index contributed by atoms with van der Waals surface area (Å²) >= 11 is 0. The Morgan fingerprint density at radius 2 is 1.14 bits per heavy atom. The van der Waals surface area contributed by atoms with E-state index >= 15 is 0 Å².